The first kappa shape index (κ1) is 14.8. The molecule has 2 nitrogen and oxygen atoms in total. The normalized spacial score (nSPS) is 11.6. The van der Waals surface area contributed by atoms with E-state index in [1.807, 2.05) is 85.2 Å². The number of benzene rings is 2. The minimum Gasteiger partial charge on any atom is -0.362 e. The van der Waals surface area contributed by atoms with Gasteiger partial charge in [0.25, 0.3) is 0 Å². The molecule has 2 aromatic carbocycles. The molecule has 0 fully saturated rings. The second-order valence-electron chi connectivity index (χ2n) is 4.52. The van der Waals surface area contributed by atoms with Crippen molar-refractivity contribution in [2.45, 2.75) is 12.8 Å². The number of hydrogen-bond donors (Lipinski definition) is 1. The number of anilines is 1. The summed E-state index contributed by atoms with van der Waals surface area (Å²) in [4.78, 5) is 4.39. The first-order valence-corrected chi connectivity index (χ1v) is 7.16. The van der Waals surface area contributed by atoms with Crippen LogP contribution in [0.15, 0.2) is 90.1 Å². The van der Waals surface area contributed by atoms with E-state index in [0.29, 0.717) is 0 Å². The molecule has 0 saturated carbocycles. The largest absolute Gasteiger partial charge is 0.362 e. The number of allylic oxidation sites excluding steroid dienone is 3. The highest BCUT2D eigenvalue weighted by atomic mass is 14.8. The van der Waals surface area contributed by atoms with E-state index >= 15 is 0 Å². The Morgan fingerprint density at radius 3 is 2.29 bits per heavy atom. The average molecular weight is 276 g/mol. The van der Waals surface area contributed by atoms with Crippen molar-refractivity contribution in [1.29, 1.82) is 0 Å². The van der Waals surface area contributed by atoms with Gasteiger partial charge in [-0.05, 0) is 43.2 Å². The minimum absolute atomic E-state index is 0.950. The molecule has 0 saturated heterocycles. The lowest BCUT2D eigenvalue weighted by molar-refractivity contribution is 1.12. The molecule has 0 aliphatic carbocycles. The third kappa shape index (κ3) is 6.39. The van der Waals surface area contributed by atoms with Crippen molar-refractivity contribution in [3.8, 4) is 0 Å². The van der Waals surface area contributed by atoms with E-state index < -0.39 is 0 Å². The van der Waals surface area contributed by atoms with Gasteiger partial charge in [-0.25, -0.2) is 0 Å². The second kappa shape index (κ2) is 9.32. The molecule has 1 N–H and O–H groups in total. The molecule has 0 aliphatic rings. The second-order valence-corrected chi connectivity index (χ2v) is 4.52. The maximum atomic E-state index is 4.39. The third-order valence-electron chi connectivity index (χ3n) is 2.83. The highest BCUT2D eigenvalue weighted by Crippen LogP contribution is 2.08. The maximum absolute atomic E-state index is 4.39. The summed E-state index contributed by atoms with van der Waals surface area (Å²) in [7, 11) is 0. The summed E-state index contributed by atoms with van der Waals surface area (Å²) >= 11 is 0. The predicted molar refractivity (Wildman–Crippen MR) is 92.2 cm³/mol. The highest BCUT2D eigenvalue weighted by molar-refractivity contribution is 5.63. The Hall–Kier alpha value is -2.61. The average Bonchev–Trinajstić information content (AvgIpc) is 2.55. The van der Waals surface area contributed by atoms with E-state index in [0.717, 1.165) is 24.2 Å². The van der Waals surface area contributed by atoms with Crippen LogP contribution in [0.4, 0.5) is 11.4 Å². The SMILES string of the molecule is C(C=CNc1ccccc1)=CCCC=Nc1ccccc1. The molecule has 2 rings (SSSR count). The zero-order valence-corrected chi connectivity index (χ0v) is 12.0. The molecule has 2 heteroatoms. The van der Waals surface area contributed by atoms with Crippen molar-refractivity contribution in [2.24, 2.45) is 4.99 Å². The number of rotatable bonds is 7. The van der Waals surface area contributed by atoms with Gasteiger partial charge in [-0.1, -0.05) is 48.6 Å². The van der Waals surface area contributed by atoms with Crippen LogP contribution in [0.3, 0.4) is 0 Å². The standard InChI is InChI=1S/C19H20N2/c1(2-10-16-20-18-12-6-4-7-13-18)3-11-17-21-19-14-8-5-9-15-19/h1-2,4-10,12-17,20H,3,11H2. The van der Waals surface area contributed by atoms with Crippen LogP contribution in [0, 0.1) is 0 Å². The van der Waals surface area contributed by atoms with E-state index in [1.165, 1.54) is 0 Å². The summed E-state index contributed by atoms with van der Waals surface area (Å²) in [6.07, 6.45) is 12.0. The zero-order chi connectivity index (χ0) is 14.6. The molecule has 106 valence electrons. The van der Waals surface area contributed by atoms with Gasteiger partial charge in [0, 0.05) is 18.1 Å². The number of nitrogens with one attached hydrogen (secondary N) is 1. The van der Waals surface area contributed by atoms with Gasteiger partial charge in [-0.3, -0.25) is 4.99 Å². The van der Waals surface area contributed by atoms with Crippen LogP contribution in [0.25, 0.3) is 0 Å². The molecule has 0 heterocycles. The number of aliphatic imine (C=N–C) groups is 1. The molecule has 0 aromatic heterocycles. The number of hydrogen-bond acceptors (Lipinski definition) is 2. The van der Waals surface area contributed by atoms with Crippen LogP contribution in [0.2, 0.25) is 0 Å². The van der Waals surface area contributed by atoms with Gasteiger partial charge < -0.3 is 5.32 Å². The molecule has 0 spiro atoms. The van der Waals surface area contributed by atoms with Gasteiger partial charge in [-0.15, -0.1) is 0 Å². The molecular formula is C19H20N2. The van der Waals surface area contributed by atoms with Gasteiger partial charge >= 0.3 is 0 Å². The molecule has 0 amide bonds. The Labute approximate surface area is 126 Å². The van der Waals surface area contributed by atoms with Crippen LogP contribution in [0.5, 0.6) is 0 Å². The van der Waals surface area contributed by atoms with Crippen LogP contribution in [-0.4, -0.2) is 6.21 Å². The summed E-state index contributed by atoms with van der Waals surface area (Å²) in [5.74, 6) is 0. The molecular weight excluding hydrogens is 256 g/mol. The fraction of sp³-hybridized carbons (Fsp3) is 0.105. The first-order valence-electron chi connectivity index (χ1n) is 7.16. The van der Waals surface area contributed by atoms with Crippen LogP contribution < -0.4 is 5.32 Å². The smallest absolute Gasteiger partial charge is 0.0625 e. The van der Waals surface area contributed by atoms with Gasteiger partial charge in [0.05, 0.1) is 5.69 Å². The lowest BCUT2D eigenvalue weighted by Crippen LogP contribution is -1.84. The molecule has 2 aromatic rings. The Bertz CT molecular complexity index is 583. The first-order chi connectivity index (χ1) is 10.4. The predicted octanol–water partition coefficient (Wildman–Crippen LogP) is 5.35. The van der Waals surface area contributed by atoms with E-state index in [9.17, 15) is 0 Å². The maximum Gasteiger partial charge on any atom is 0.0625 e. The summed E-state index contributed by atoms with van der Waals surface area (Å²) in [5.41, 5.74) is 2.10. The Morgan fingerprint density at radius 2 is 1.52 bits per heavy atom. The Morgan fingerprint density at radius 1 is 0.810 bits per heavy atom. The zero-order valence-electron chi connectivity index (χ0n) is 12.0. The lowest BCUT2D eigenvalue weighted by Gasteiger charge is -1.97. The Balaban J connectivity index is 1.61. The molecule has 0 radical (unpaired) electrons. The summed E-state index contributed by atoms with van der Waals surface area (Å²) in [6, 6.07) is 20.1. The molecule has 0 aliphatic heterocycles. The summed E-state index contributed by atoms with van der Waals surface area (Å²) in [6.45, 7) is 0. The number of nitrogens with zero attached hydrogens (tertiary/aromatic N) is 1. The van der Waals surface area contributed by atoms with Gasteiger partial charge in [0.15, 0.2) is 0 Å². The minimum atomic E-state index is 0.950. The third-order valence-corrected chi connectivity index (χ3v) is 2.83. The van der Waals surface area contributed by atoms with Gasteiger partial charge in [0.2, 0.25) is 0 Å². The van der Waals surface area contributed by atoms with Crippen LogP contribution in [-0.2, 0) is 0 Å². The number of unbranched alkanes of at least 4 members (excludes halogenated alkanes) is 1. The quantitative estimate of drug-likeness (QED) is 0.411. The Kier molecular flexibility index (Phi) is 6.56. The van der Waals surface area contributed by atoms with Crippen molar-refractivity contribution in [1.82, 2.24) is 0 Å². The molecule has 0 bridgehead atoms. The van der Waals surface area contributed by atoms with Crippen molar-refractivity contribution >= 4 is 17.6 Å². The molecule has 21 heavy (non-hydrogen) atoms. The molecule has 0 unspecified atom stereocenters. The lowest BCUT2D eigenvalue weighted by atomic mass is 10.3. The van der Waals surface area contributed by atoms with Crippen LogP contribution in [0.1, 0.15) is 12.8 Å². The van der Waals surface area contributed by atoms with E-state index in [-0.39, 0.29) is 0 Å². The molecule has 0 atom stereocenters. The van der Waals surface area contributed by atoms with Gasteiger partial charge in [-0.2, -0.15) is 0 Å². The topological polar surface area (TPSA) is 24.4 Å². The van der Waals surface area contributed by atoms with Crippen molar-refractivity contribution < 1.29 is 0 Å². The van der Waals surface area contributed by atoms with Crippen molar-refractivity contribution in [2.75, 3.05) is 5.32 Å². The summed E-state index contributed by atoms with van der Waals surface area (Å²) < 4.78 is 0. The summed E-state index contributed by atoms with van der Waals surface area (Å²) in [5, 5.41) is 3.21. The van der Waals surface area contributed by atoms with Crippen LogP contribution >= 0.6 is 0 Å². The van der Waals surface area contributed by atoms with Crippen molar-refractivity contribution in [3.63, 3.8) is 0 Å². The monoisotopic (exact) mass is 276 g/mol. The van der Waals surface area contributed by atoms with Gasteiger partial charge in [0.1, 0.15) is 0 Å². The highest BCUT2D eigenvalue weighted by Gasteiger charge is 1.83. The fourth-order valence-corrected chi connectivity index (χ4v) is 1.76. The van der Waals surface area contributed by atoms with E-state index in [2.05, 4.69) is 16.4 Å². The van der Waals surface area contributed by atoms with E-state index in [4.69, 9.17) is 0 Å². The number of para-hydroxylation sites is 2. The van der Waals surface area contributed by atoms with Crippen molar-refractivity contribution in [3.05, 3.63) is 85.1 Å². The van der Waals surface area contributed by atoms with E-state index in [1.54, 1.807) is 0 Å². The fourth-order valence-electron chi connectivity index (χ4n) is 1.76.